The van der Waals surface area contributed by atoms with Gasteiger partial charge in [-0.25, -0.2) is 0 Å². The predicted octanol–water partition coefficient (Wildman–Crippen LogP) is 2.51. The van der Waals surface area contributed by atoms with Crippen LogP contribution >= 0.6 is 23.2 Å². The molecule has 0 saturated heterocycles. The molecule has 16 heavy (non-hydrogen) atoms. The molecule has 0 aliphatic rings. The first-order chi connectivity index (χ1) is 7.50. The predicted molar refractivity (Wildman–Crippen MR) is 62.1 cm³/mol. The van der Waals surface area contributed by atoms with E-state index in [9.17, 15) is 4.79 Å². The van der Waals surface area contributed by atoms with E-state index in [1.54, 1.807) is 23.9 Å². The van der Waals surface area contributed by atoms with Crippen LogP contribution in [0.5, 0.6) is 0 Å². The number of aryl methyl sites for hydroxylation is 1. The quantitative estimate of drug-likeness (QED) is 0.901. The number of carboxylic acid groups (broad SMARTS) is 1. The molecule has 4 nitrogen and oxygen atoms in total. The van der Waals surface area contributed by atoms with Crippen LogP contribution < -0.4 is 0 Å². The van der Waals surface area contributed by atoms with Crippen LogP contribution in [0.15, 0.2) is 12.1 Å². The molecule has 0 radical (unpaired) electrons. The minimum Gasteiger partial charge on any atom is -0.481 e. The van der Waals surface area contributed by atoms with Gasteiger partial charge in [0.2, 0.25) is 0 Å². The van der Waals surface area contributed by atoms with Crippen LogP contribution in [0, 0.1) is 0 Å². The third-order valence-electron chi connectivity index (χ3n) is 2.35. The van der Waals surface area contributed by atoms with E-state index in [1.807, 2.05) is 0 Å². The molecule has 0 bridgehead atoms. The minimum absolute atomic E-state index is 0.165. The van der Waals surface area contributed by atoms with Crippen LogP contribution in [0.2, 0.25) is 10.2 Å². The maximum atomic E-state index is 10.8. The van der Waals surface area contributed by atoms with Crippen molar-refractivity contribution in [3.8, 4) is 0 Å². The molecule has 1 heterocycles. The lowest BCUT2D eigenvalue weighted by Gasteiger charge is -2.03. The molecule has 84 valence electrons. The van der Waals surface area contributed by atoms with E-state index < -0.39 is 5.97 Å². The summed E-state index contributed by atoms with van der Waals surface area (Å²) >= 11 is 11.9. The number of aliphatic carboxylic acids is 1. The van der Waals surface area contributed by atoms with Gasteiger partial charge >= 0.3 is 5.97 Å². The Labute approximate surface area is 101 Å². The summed E-state index contributed by atoms with van der Waals surface area (Å²) in [6, 6.07) is 3.42. The van der Waals surface area contributed by atoms with Crippen LogP contribution in [0.4, 0.5) is 0 Å². The van der Waals surface area contributed by atoms with Gasteiger partial charge in [-0.15, -0.1) is 0 Å². The van der Waals surface area contributed by atoms with Gasteiger partial charge in [0, 0.05) is 17.5 Å². The Hall–Kier alpha value is -1.26. The van der Waals surface area contributed by atoms with Gasteiger partial charge in [-0.3, -0.25) is 9.48 Å². The lowest BCUT2D eigenvalue weighted by atomic mass is 10.1. The lowest BCUT2D eigenvalue weighted by Crippen LogP contribution is -2.01. The molecule has 0 amide bonds. The van der Waals surface area contributed by atoms with E-state index in [0.717, 1.165) is 5.52 Å². The molecule has 0 atom stereocenters. The van der Waals surface area contributed by atoms with Gasteiger partial charge in [-0.1, -0.05) is 23.2 Å². The van der Waals surface area contributed by atoms with Gasteiger partial charge < -0.3 is 5.11 Å². The number of halogens is 2. The summed E-state index contributed by atoms with van der Waals surface area (Å²) in [7, 11) is 1.74. The van der Waals surface area contributed by atoms with E-state index in [-0.39, 0.29) is 11.6 Å². The van der Waals surface area contributed by atoms with Crippen molar-refractivity contribution in [3.05, 3.63) is 27.9 Å². The first kappa shape index (κ1) is 11.2. The number of rotatable bonds is 2. The number of nitrogens with zero attached hydrogens (tertiary/aromatic N) is 2. The van der Waals surface area contributed by atoms with E-state index in [1.165, 1.54) is 0 Å². The summed E-state index contributed by atoms with van der Waals surface area (Å²) in [5.74, 6) is -0.950. The second kappa shape index (κ2) is 3.96. The standard InChI is InChI=1S/C10H8Cl2N2O2/c1-14-7-3-2-6(11)5(4-8(15)16)9(7)10(12)13-14/h2-3H,4H2,1H3,(H,15,16). The Kier molecular flexibility index (Phi) is 2.78. The minimum atomic E-state index is -0.950. The summed E-state index contributed by atoms with van der Waals surface area (Å²) in [4.78, 5) is 10.8. The van der Waals surface area contributed by atoms with E-state index in [2.05, 4.69) is 5.10 Å². The number of hydrogen-bond donors (Lipinski definition) is 1. The Morgan fingerprint density at radius 3 is 2.81 bits per heavy atom. The van der Waals surface area contributed by atoms with Crippen molar-refractivity contribution >= 4 is 40.1 Å². The van der Waals surface area contributed by atoms with Crippen LogP contribution in [-0.2, 0) is 18.3 Å². The number of carboxylic acids is 1. The second-order valence-electron chi connectivity index (χ2n) is 3.40. The van der Waals surface area contributed by atoms with Gasteiger partial charge in [-0.2, -0.15) is 5.10 Å². The van der Waals surface area contributed by atoms with E-state index >= 15 is 0 Å². The van der Waals surface area contributed by atoms with Crippen LogP contribution in [0.25, 0.3) is 10.9 Å². The highest BCUT2D eigenvalue weighted by Crippen LogP contribution is 2.31. The number of carbonyl (C=O) groups is 1. The fraction of sp³-hybridized carbons (Fsp3) is 0.200. The van der Waals surface area contributed by atoms with Crippen molar-refractivity contribution in [1.82, 2.24) is 9.78 Å². The highest BCUT2D eigenvalue weighted by Gasteiger charge is 2.16. The number of fused-ring (bicyclic) bond motifs is 1. The Bertz CT molecular complexity index is 578. The molecule has 0 fully saturated rings. The highest BCUT2D eigenvalue weighted by atomic mass is 35.5. The maximum absolute atomic E-state index is 10.8. The van der Waals surface area contributed by atoms with E-state index in [4.69, 9.17) is 28.3 Å². The zero-order chi connectivity index (χ0) is 11.9. The van der Waals surface area contributed by atoms with Gasteiger partial charge in [0.1, 0.15) is 0 Å². The lowest BCUT2D eigenvalue weighted by molar-refractivity contribution is -0.136. The molecule has 0 saturated carbocycles. The molecule has 0 spiro atoms. The maximum Gasteiger partial charge on any atom is 0.307 e. The molecule has 1 aromatic heterocycles. The second-order valence-corrected chi connectivity index (χ2v) is 4.17. The van der Waals surface area contributed by atoms with Crippen molar-refractivity contribution in [1.29, 1.82) is 0 Å². The van der Waals surface area contributed by atoms with E-state index in [0.29, 0.717) is 16.0 Å². The van der Waals surface area contributed by atoms with Crippen LogP contribution in [0.1, 0.15) is 5.56 Å². The molecule has 0 unspecified atom stereocenters. The molecule has 2 aromatic rings. The van der Waals surface area contributed by atoms with Gasteiger partial charge in [0.25, 0.3) is 0 Å². The third kappa shape index (κ3) is 1.74. The SMILES string of the molecule is Cn1nc(Cl)c2c(CC(=O)O)c(Cl)ccc21. The number of benzene rings is 1. The van der Waals surface area contributed by atoms with Crippen LogP contribution in [0.3, 0.4) is 0 Å². The third-order valence-corrected chi connectivity index (χ3v) is 2.97. The molecule has 0 aliphatic heterocycles. The molecule has 0 aliphatic carbocycles. The molecule has 6 heteroatoms. The molecule has 1 N–H and O–H groups in total. The van der Waals surface area contributed by atoms with Crippen molar-refractivity contribution in [2.24, 2.45) is 7.05 Å². The first-order valence-electron chi connectivity index (χ1n) is 4.52. The zero-order valence-corrected chi connectivity index (χ0v) is 9.88. The fourth-order valence-corrected chi connectivity index (χ4v) is 2.22. The first-order valence-corrected chi connectivity index (χ1v) is 5.27. The Balaban J connectivity index is 2.78. The van der Waals surface area contributed by atoms with Gasteiger partial charge in [-0.05, 0) is 17.7 Å². The average Bonchev–Trinajstić information content (AvgIpc) is 2.46. The molecule has 2 rings (SSSR count). The normalized spacial score (nSPS) is 10.9. The summed E-state index contributed by atoms with van der Waals surface area (Å²) in [5.41, 5.74) is 1.27. The summed E-state index contributed by atoms with van der Waals surface area (Å²) in [6.45, 7) is 0. The van der Waals surface area contributed by atoms with Crippen molar-refractivity contribution in [3.63, 3.8) is 0 Å². The molecular weight excluding hydrogens is 251 g/mol. The molecule has 1 aromatic carbocycles. The van der Waals surface area contributed by atoms with Crippen molar-refractivity contribution < 1.29 is 9.90 Å². The molecular formula is C10H8Cl2N2O2. The smallest absolute Gasteiger partial charge is 0.307 e. The number of aromatic nitrogens is 2. The van der Waals surface area contributed by atoms with Gasteiger partial charge in [0.05, 0.1) is 11.9 Å². The Morgan fingerprint density at radius 2 is 2.19 bits per heavy atom. The summed E-state index contributed by atoms with van der Waals surface area (Å²) in [6.07, 6.45) is -0.165. The summed E-state index contributed by atoms with van der Waals surface area (Å²) in [5, 5.41) is 14.1. The topological polar surface area (TPSA) is 55.1 Å². The van der Waals surface area contributed by atoms with Gasteiger partial charge in [0.15, 0.2) is 5.15 Å². The largest absolute Gasteiger partial charge is 0.481 e. The fourth-order valence-electron chi connectivity index (χ4n) is 1.67. The van der Waals surface area contributed by atoms with Crippen molar-refractivity contribution in [2.75, 3.05) is 0 Å². The van der Waals surface area contributed by atoms with Crippen molar-refractivity contribution in [2.45, 2.75) is 6.42 Å². The number of hydrogen-bond acceptors (Lipinski definition) is 2. The zero-order valence-electron chi connectivity index (χ0n) is 8.37. The highest BCUT2D eigenvalue weighted by molar-refractivity contribution is 6.37. The monoisotopic (exact) mass is 258 g/mol. The average molecular weight is 259 g/mol. The Morgan fingerprint density at radius 1 is 1.50 bits per heavy atom. The summed E-state index contributed by atoms with van der Waals surface area (Å²) < 4.78 is 1.60. The van der Waals surface area contributed by atoms with Crippen LogP contribution in [-0.4, -0.2) is 20.9 Å².